The molecule has 0 aliphatic rings. The molecule has 0 radical (unpaired) electrons. The molecule has 2 rings (SSSR count). The number of rotatable bonds is 4. The minimum absolute atomic E-state index is 0.165. The molecular formula is C13H14F2N2O. The summed E-state index contributed by atoms with van der Waals surface area (Å²) in [7, 11) is 0. The molecular weight excluding hydrogens is 238 g/mol. The maximum absolute atomic E-state index is 13.0. The topological polar surface area (TPSA) is 26.9 Å². The first-order valence-electron chi connectivity index (χ1n) is 5.80. The Hall–Kier alpha value is -1.91. The molecule has 0 amide bonds. The smallest absolute Gasteiger partial charge is 0.299 e. The summed E-state index contributed by atoms with van der Waals surface area (Å²) in [6, 6.07) is 3.27. The molecule has 5 heteroatoms. The Kier molecular flexibility index (Phi) is 3.60. The molecule has 0 fully saturated rings. The summed E-state index contributed by atoms with van der Waals surface area (Å²) in [6.07, 6.45) is 4.17. The predicted molar refractivity (Wildman–Crippen MR) is 64.4 cm³/mol. The van der Waals surface area contributed by atoms with Crippen molar-refractivity contribution >= 4 is 0 Å². The van der Waals surface area contributed by atoms with E-state index in [4.69, 9.17) is 0 Å². The average Bonchev–Trinajstić information content (AvgIpc) is 2.61. The molecule has 0 saturated heterocycles. The second-order valence-corrected chi connectivity index (χ2v) is 4.18. The van der Waals surface area contributed by atoms with Crippen molar-refractivity contribution in [3.05, 3.63) is 58.3 Å². The third kappa shape index (κ3) is 2.67. The maximum atomic E-state index is 13.0. The van der Waals surface area contributed by atoms with E-state index in [0.29, 0.717) is 12.1 Å². The van der Waals surface area contributed by atoms with Gasteiger partial charge in [-0.1, -0.05) is 6.92 Å². The van der Waals surface area contributed by atoms with Crippen LogP contribution in [-0.2, 0) is 13.1 Å². The van der Waals surface area contributed by atoms with Gasteiger partial charge in [-0.3, -0.25) is 9.13 Å². The van der Waals surface area contributed by atoms with Crippen LogP contribution in [0.4, 0.5) is 8.78 Å². The number of aryl methyl sites for hydroxylation is 1. The van der Waals surface area contributed by atoms with E-state index in [-0.39, 0.29) is 12.2 Å². The minimum Gasteiger partial charge on any atom is -0.299 e. The van der Waals surface area contributed by atoms with E-state index >= 15 is 0 Å². The van der Waals surface area contributed by atoms with Gasteiger partial charge in [0, 0.05) is 25.0 Å². The second kappa shape index (κ2) is 5.16. The SMILES string of the molecule is CCCn1ccn(Cc2cc(F)cc(F)c2)c1=O. The molecule has 1 heterocycles. The van der Waals surface area contributed by atoms with Crippen molar-refractivity contribution in [2.24, 2.45) is 0 Å². The highest BCUT2D eigenvalue weighted by atomic mass is 19.1. The highest BCUT2D eigenvalue weighted by Crippen LogP contribution is 2.08. The molecule has 96 valence electrons. The summed E-state index contributed by atoms with van der Waals surface area (Å²) < 4.78 is 29.1. The Balaban J connectivity index is 2.26. The van der Waals surface area contributed by atoms with Crippen LogP contribution in [0.3, 0.4) is 0 Å². The molecule has 0 unspecified atom stereocenters. The fraction of sp³-hybridized carbons (Fsp3) is 0.308. The standard InChI is InChI=1S/C13H14F2N2O/c1-2-3-16-4-5-17(13(16)18)9-10-6-11(14)8-12(15)7-10/h4-8H,2-3,9H2,1H3. The van der Waals surface area contributed by atoms with Gasteiger partial charge in [0.15, 0.2) is 0 Å². The normalized spacial score (nSPS) is 10.8. The quantitative estimate of drug-likeness (QED) is 0.820. The molecule has 0 atom stereocenters. The van der Waals surface area contributed by atoms with Crippen molar-refractivity contribution in [1.82, 2.24) is 9.13 Å². The van der Waals surface area contributed by atoms with Crippen molar-refractivity contribution < 1.29 is 8.78 Å². The van der Waals surface area contributed by atoms with Crippen LogP contribution in [0.2, 0.25) is 0 Å². The van der Waals surface area contributed by atoms with Gasteiger partial charge in [-0.05, 0) is 24.1 Å². The van der Waals surface area contributed by atoms with E-state index in [1.807, 2.05) is 6.92 Å². The van der Waals surface area contributed by atoms with Crippen LogP contribution in [0.25, 0.3) is 0 Å². The first-order valence-corrected chi connectivity index (χ1v) is 5.80. The zero-order valence-electron chi connectivity index (χ0n) is 10.1. The van der Waals surface area contributed by atoms with Crippen LogP contribution in [-0.4, -0.2) is 9.13 Å². The van der Waals surface area contributed by atoms with Crippen molar-refractivity contribution in [3.63, 3.8) is 0 Å². The molecule has 3 nitrogen and oxygen atoms in total. The molecule has 0 N–H and O–H groups in total. The van der Waals surface area contributed by atoms with Crippen LogP contribution in [0.15, 0.2) is 35.4 Å². The van der Waals surface area contributed by atoms with Gasteiger partial charge in [0.1, 0.15) is 11.6 Å². The highest BCUT2D eigenvalue weighted by molar-refractivity contribution is 5.18. The number of hydrogen-bond donors (Lipinski definition) is 0. The molecule has 0 spiro atoms. The summed E-state index contributed by atoms with van der Waals surface area (Å²) in [6.45, 7) is 2.79. The number of nitrogens with zero attached hydrogens (tertiary/aromatic N) is 2. The number of benzene rings is 1. The van der Waals surface area contributed by atoms with E-state index < -0.39 is 11.6 Å². The lowest BCUT2D eigenvalue weighted by Crippen LogP contribution is -2.24. The molecule has 1 aromatic heterocycles. The number of aromatic nitrogens is 2. The van der Waals surface area contributed by atoms with Crippen molar-refractivity contribution in [1.29, 1.82) is 0 Å². The van der Waals surface area contributed by atoms with Gasteiger partial charge in [0.25, 0.3) is 0 Å². The van der Waals surface area contributed by atoms with Gasteiger partial charge in [0.2, 0.25) is 0 Å². The Bertz CT molecular complexity index is 581. The van der Waals surface area contributed by atoms with Gasteiger partial charge in [-0.25, -0.2) is 13.6 Å². The lowest BCUT2D eigenvalue weighted by molar-refractivity contribution is 0.575. The monoisotopic (exact) mass is 252 g/mol. The lowest BCUT2D eigenvalue weighted by atomic mass is 10.2. The van der Waals surface area contributed by atoms with Crippen molar-refractivity contribution in [2.75, 3.05) is 0 Å². The average molecular weight is 252 g/mol. The lowest BCUT2D eigenvalue weighted by Gasteiger charge is -2.03. The van der Waals surface area contributed by atoms with Crippen LogP contribution >= 0.6 is 0 Å². The first kappa shape index (κ1) is 12.5. The third-order valence-electron chi connectivity index (χ3n) is 2.66. The van der Waals surface area contributed by atoms with E-state index in [0.717, 1.165) is 12.5 Å². The van der Waals surface area contributed by atoms with Crippen LogP contribution in [0.5, 0.6) is 0 Å². The molecule has 0 aliphatic carbocycles. The van der Waals surface area contributed by atoms with Gasteiger partial charge in [0.05, 0.1) is 6.54 Å². The van der Waals surface area contributed by atoms with E-state index in [1.54, 1.807) is 17.0 Å². The third-order valence-corrected chi connectivity index (χ3v) is 2.66. The van der Waals surface area contributed by atoms with Crippen LogP contribution in [0.1, 0.15) is 18.9 Å². The predicted octanol–water partition coefficient (Wildman–Crippen LogP) is 2.39. The minimum atomic E-state index is -0.633. The summed E-state index contributed by atoms with van der Waals surface area (Å²) in [5.74, 6) is -1.27. The largest absolute Gasteiger partial charge is 0.328 e. The van der Waals surface area contributed by atoms with Gasteiger partial charge in [-0.2, -0.15) is 0 Å². The molecule has 2 aromatic rings. The van der Waals surface area contributed by atoms with Crippen molar-refractivity contribution in [3.8, 4) is 0 Å². The van der Waals surface area contributed by atoms with E-state index in [1.165, 1.54) is 16.7 Å². The Morgan fingerprint density at radius 1 is 1.06 bits per heavy atom. The number of halogens is 2. The molecule has 1 aromatic carbocycles. The van der Waals surface area contributed by atoms with Crippen LogP contribution in [0, 0.1) is 11.6 Å². The van der Waals surface area contributed by atoms with Crippen LogP contribution < -0.4 is 5.69 Å². The molecule has 18 heavy (non-hydrogen) atoms. The Morgan fingerprint density at radius 2 is 1.67 bits per heavy atom. The second-order valence-electron chi connectivity index (χ2n) is 4.18. The summed E-state index contributed by atoms with van der Waals surface area (Å²) in [5.41, 5.74) is 0.269. The Labute approximate surface area is 103 Å². The number of imidazole rings is 1. The van der Waals surface area contributed by atoms with E-state index in [2.05, 4.69) is 0 Å². The summed E-state index contributed by atoms with van der Waals surface area (Å²) in [5, 5.41) is 0. The number of hydrogen-bond acceptors (Lipinski definition) is 1. The molecule has 0 bridgehead atoms. The fourth-order valence-corrected chi connectivity index (χ4v) is 1.88. The maximum Gasteiger partial charge on any atom is 0.328 e. The van der Waals surface area contributed by atoms with Gasteiger partial charge < -0.3 is 0 Å². The van der Waals surface area contributed by atoms with Gasteiger partial charge in [-0.15, -0.1) is 0 Å². The van der Waals surface area contributed by atoms with Crippen molar-refractivity contribution in [2.45, 2.75) is 26.4 Å². The first-order chi connectivity index (χ1) is 8.60. The zero-order valence-corrected chi connectivity index (χ0v) is 10.1. The fourth-order valence-electron chi connectivity index (χ4n) is 1.88. The van der Waals surface area contributed by atoms with Gasteiger partial charge >= 0.3 is 5.69 Å². The van der Waals surface area contributed by atoms with E-state index in [9.17, 15) is 13.6 Å². The molecule has 0 saturated carbocycles. The summed E-state index contributed by atoms with van der Waals surface area (Å²) >= 11 is 0. The highest BCUT2D eigenvalue weighted by Gasteiger charge is 2.05. The molecule has 0 aliphatic heterocycles. The summed E-state index contributed by atoms with van der Waals surface area (Å²) in [4.78, 5) is 11.9. The zero-order chi connectivity index (χ0) is 13.1. The Morgan fingerprint density at radius 3 is 2.28 bits per heavy atom.